The van der Waals surface area contributed by atoms with E-state index >= 15 is 0 Å². The first-order valence-electron chi connectivity index (χ1n) is 5.95. The van der Waals surface area contributed by atoms with Crippen molar-refractivity contribution < 1.29 is 0 Å². The van der Waals surface area contributed by atoms with Gasteiger partial charge in [0.2, 0.25) is 0 Å². The topological polar surface area (TPSA) is 27.0 Å². The molecule has 1 aromatic carbocycles. The van der Waals surface area contributed by atoms with E-state index in [0.717, 1.165) is 12.1 Å². The Bertz CT molecular complexity index is 395. The zero-order valence-electron chi connectivity index (χ0n) is 9.98. The van der Waals surface area contributed by atoms with Crippen molar-refractivity contribution in [2.75, 3.05) is 0 Å². The fourth-order valence-corrected chi connectivity index (χ4v) is 2.51. The van der Waals surface area contributed by atoms with Gasteiger partial charge in [0, 0.05) is 18.6 Å². The minimum atomic E-state index is 0.667. The fraction of sp³-hybridized carbons (Fsp3) is 0.500. The highest BCUT2D eigenvalue weighted by Crippen LogP contribution is 2.25. The van der Waals surface area contributed by atoms with Gasteiger partial charge in [-0.1, -0.05) is 12.1 Å². The van der Waals surface area contributed by atoms with Crippen LogP contribution in [0.3, 0.4) is 0 Å². The van der Waals surface area contributed by atoms with Crippen LogP contribution in [0.1, 0.15) is 37.8 Å². The second kappa shape index (κ2) is 4.67. The van der Waals surface area contributed by atoms with Crippen LogP contribution in [0.15, 0.2) is 24.3 Å². The van der Waals surface area contributed by atoms with Crippen LogP contribution in [-0.4, -0.2) is 17.0 Å². The number of hydrogen-bond donors (Lipinski definition) is 0. The van der Waals surface area contributed by atoms with Crippen molar-refractivity contribution >= 4 is 0 Å². The van der Waals surface area contributed by atoms with Crippen molar-refractivity contribution in [1.29, 1.82) is 5.26 Å². The molecule has 2 unspecified atom stereocenters. The fourth-order valence-electron chi connectivity index (χ4n) is 2.51. The number of nitriles is 1. The van der Waals surface area contributed by atoms with Crippen molar-refractivity contribution in [1.82, 2.24) is 4.90 Å². The number of hydrogen-bond acceptors (Lipinski definition) is 2. The zero-order valence-corrected chi connectivity index (χ0v) is 9.98. The maximum Gasteiger partial charge on any atom is 0.0991 e. The molecule has 1 fully saturated rings. The van der Waals surface area contributed by atoms with E-state index in [1.165, 1.54) is 18.4 Å². The van der Waals surface area contributed by atoms with Gasteiger partial charge in [-0.15, -0.1) is 0 Å². The molecule has 0 spiro atoms. The molecule has 1 aromatic rings. The predicted octanol–water partition coefficient (Wildman–Crippen LogP) is 2.93. The largest absolute Gasteiger partial charge is 0.294 e. The van der Waals surface area contributed by atoms with Crippen LogP contribution in [0.25, 0.3) is 0 Å². The average molecular weight is 214 g/mol. The van der Waals surface area contributed by atoms with Gasteiger partial charge in [0.15, 0.2) is 0 Å². The van der Waals surface area contributed by atoms with Crippen LogP contribution in [0.4, 0.5) is 0 Å². The summed E-state index contributed by atoms with van der Waals surface area (Å²) in [6.07, 6.45) is 2.58. The highest BCUT2D eigenvalue weighted by atomic mass is 15.2. The second-order valence-corrected chi connectivity index (χ2v) is 4.76. The molecule has 2 nitrogen and oxygen atoms in total. The summed E-state index contributed by atoms with van der Waals surface area (Å²) in [5, 5.41) is 8.86. The molecule has 2 atom stereocenters. The Morgan fingerprint density at radius 2 is 2.00 bits per heavy atom. The number of benzene rings is 1. The molecule has 2 rings (SSSR count). The lowest BCUT2D eigenvalue weighted by molar-refractivity contribution is 0.205. The average Bonchev–Trinajstić information content (AvgIpc) is 2.61. The molecule has 1 aliphatic rings. The molecule has 1 aliphatic heterocycles. The zero-order chi connectivity index (χ0) is 11.5. The lowest BCUT2D eigenvalue weighted by atomic mass is 10.1. The first-order chi connectivity index (χ1) is 7.70. The van der Waals surface area contributed by atoms with Gasteiger partial charge >= 0.3 is 0 Å². The van der Waals surface area contributed by atoms with Gasteiger partial charge in [0.05, 0.1) is 11.6 Å². The van der Waals surface area contributed by atoms with E-state index in [1.807, 2.05) is 18.2 Å². The molecule has 0 radical (unpaired) electrons. The van der Waals surface area contributed by atoms with Crippen LogP contribution in [-0.2, 0) is 6.54 Å². The van der Waals surface area contributed by atoms with Crippen LogP contribution < -0.4 is 0 Å². The van der Waals surface area contributed by atoms with Gasteiger partial charge in [0.25, 0.3) is 0 Å². The van der Waals surface area contributed by atoms with Crippen molar-refractivity contribution in [3.8, 4) is 6.07 Å². The molecule has 0 saturated carbocycles. The Morgan fingerprint density at radius 1 is 1.31 bits per heavy atom. The van der Waals surface area contributed by atoms with Crippen molar-refractivity contribution in [3.05, 3.63) is 35.4 Å². The third kappa shape index (κ3) is 2.25. The lowest BCUT2D eigenvalue weighted by Gasteiger charge is -2.25. The summed E-state index contributed by atoms with van der Waals surface area (Å²) in [5.41, 5.74) is 2.01. The molecule has 0 N–H and O–H groups in total. The number of nitrogens with zero attached hydrogens (tertiary/aromatic N) is 2. The third-order valence-corrected chi connectivity index (χ3v) is 3.56. The van der Waals surface area contributed by atoms with E-state index in [4.69, 9.17) is 5.26 Å². The predicted molar refractivity (Wildman–Crippen MR) is 64.9 cm³/mol. The quantitative estimate of drug-likeness (QED) is 0.757. The van der Waals surface area contributed by atoms with Gasteiger partial charge < -0.3 is 0 Å². The molecule has 2 heteroatoms. The maximum absolute atomic E-state index is 8.86. The van der Waals surface area contributed by atoms with Gasteiger partial charge in [-0.3, -0.25) is 4.90 Å². The SMILES string of the molecule is CC1CCC(C)N1Cc1cccc(C#N)c1. The van der Waals surface area contributed by atoms with E-state index in [-0.39, 0.29) is 0 Å². The Kier molecular flexibility index (Phi) is 3.26. The first kappa shape index (κ1) is 11.2. The molecule has 16 heavy (non-hydrogen) atoms. The molecule has 84 valence electrons. The second-order valence-electron chi connectivity index (χ2n) is 4.76. The van der Waals surface area contributed by atoms with Gasteiger partial charge in [-0.05, 0) is 44.4 Å². The van der Waals surface area contributed by atoms with E-state index in [0.29, 0.717) is 12.1 Å². The maximum atomic E-state index is 8.86. The van der Waals surface area contributed by atoms with E-state index in [2.05, 4.69) is 30.9 Å². The molecule has 1 heterocycles. The Hall–Kier alpha value is -1.33. The molecule has 1 saturated heterocycles. The van der Waals surface area contributed by atoms with Gasteiger partial charge in [-0.25, -0.2) is 0 Å². The first-order valence-corrected chi connectivity index (χ1v) is 5.95. The summed E-state index contributed by atoms with van der Waals surface area (Å²) < 4.78 is 0. The van der Waals surface area contributed by atoms with Crippen LogP contribution in [0.5, 0.6) is 0 Å². The number of rotatable bonds is 2. The normalized spacial score (nSPS) is 25.6. The molecular weight excluding hydrogens is 196 g/mol. The summed E-state index contributed by atoms with van der Waals surface area (Å²) in [4.78, 5) is 2.52. The number of likely N-dealkylation sites (tertiary alicyclic amines) is 1. The third-order valence-electron chi connectivity index (χ3n) is 3.56. The van der Waals surface area contributed by atoms with Crippen LogP contribution >= 0.6 is 0 Å². The van der Waals surface area contributed by atoms with Crippen LogP contribution in [0.2, 0.25) is 0 Å². The minimum absolute atomic E-state index is 0.667. The standard InChI is InChI=1S/C14H18N2/c1-11-6-7-12(2)16(11)10-14-5-3-4-13(8-14)9-15/h3-5,8,11-12H,6-7,10H2,1-2H3. The van der Waals surface area contributed by atoms with Crippen molar-refractivity contribution in [3.63, 3.8) is 0 Å². The summed E-state index contributed by atoms with van der Waals surface area (Å²) in [6, 6.07) is 11.5. The smallest absolute Gasteiger partial charge is 0.0991 e. The summed E-state index contributed by atoms with van der Waals surface area (Å²) in [7, 11) is 0. The van der Waals surface area contributed by atoms with Crippen molar-refractivity contribution in [2.45, 2.75) is 45.3 Å². The molecule has 0 amide bonds. The van der Waals surface area contributed by atoms with E-state index < -0.39 is 0 Å². The highest BCUT2D eigenvalue weighted by molar-refractivity contribution is 5.32. The van der Waals surface area contributed by atoms with E-state index in [1.54, 1.807) is 0 Å². The Balaban J connectivity index is 2.11. The summed E-state index contributed by atoms with van der Waals surface area (Å²) in [5.74, 6) is 0. The molecule has 0 aliphatic carbocycles. The van der Waals surface area contributed by atoms with Crippen LogP contribution in [0, 0.1) is 11.3 Å². The molecule has 0 bridgehead atoms. The van der Waals surface area contributed by atoms with Crippen molar-refractivity contribution in [2.24, 2.45) is 0 Å². The minimum Gasteiger partial charge on any atom is -0.294 e. The molecule has 0 aromatic heterocycles. The molecular formula is C14H18N2. The summed E-state index contributed by atoms with van der Waals surface area (Å²) in [6.45, 7) is 5.55. The highest BCUT2D eigenvalue weighted by Gasteiger charge is 2.26. The lowest BCUT2D eigenvalue weighted by Crippen LogP contribution is -2.31. The monoisotopic (exact) mass is 214 g/mol. The Morgan fingerprint density at radius 3 is 2.62 bits per heavy atom. The van der Waals surface area contributed by atoms with E-state index in [9.17, 15) is 0 Å². The summed E-state index contributed by atoms with van der Waals surface area (Å²) >= 11 is 0. The van der Waals surface area contributed by atoms with Gasteiger partial charge in [0.1, 0.15) is 0 Å². The Labute approximate surface area is 97.5 Å². The van der Waals surface area contributed by atoms with Gasteiger partial charge in [-0.2, -0.15) is 5.26 Å².